The number of thioether (sulfide) groups is 1. The molecule has 1 rings (SSSR count). The molecule has 0 spiro atoms. The van der Waals surface area contributed by atoms with E-state index in [1.54, 1.807) is 0 Å². The molecule has 1 aliphatic carbocycles. The van der Waals surface area contributed by atoms with Gasteiger partial charge in [0.15, 0.2) is 0 Å². The predicted octanol–water partition coefficient (Wildman–Crippen LogP) is 1.55. The quantitative estimate of drug-likeness (QED) is 0.750. The van der Waals surface area contributed by atoms with Gasteiger partial charge in [-0.15, -0.1) is 0 Å². The van der Waals surface area contributed by atoms with Gasteiger partial charge in [-0.2, -0.15) is 11.8 Å². The molecule has 13 heavy (non-hydrogen) atoms. The lowest BCUT2D eigenvalue weighted by Crippen LogP contribution is -2.39. The molecule has 0 aromatic carbocycles. The zero-order valence-corrected chi connectivity index (χ0v) is 9.81. The van der Waals surface area contributed by atoms with Crippen LogP contribution in [0.1, 0.15) is 26.2 Å². The minimum atomic E-state index is 0.453. The Bertz CT molecular complexity index is 152. The summed E-state index contributed by atoms with van der Waals surface area (Å²) in [6.45, 7) is 2.31. The molecular formula is C10H22N2S. The molecule has 2 nitrogen and oxygen atoms in total. The highest BCUT2D eigenvalue weighted by Gasteiger charge is 2.27. The Labute approximate surface area is 86.2 Å². The van der Waals surface area contributed by atoms with Gasteiger partial charge in [-0.25, -0.2) is 0 Å². The van der Waals surface area contributed by atoms with Crippen LogP contribution < -0.4 is 5.73 Å². The van der Waals surface area contributed by atoms with Gasteiger partial charge in [0.1, 0.15) is 0 Å². The summed E-state index contributed by atoms with van der Waals surface area (Å²) in [4.78, 5) is 2.50. The average Bonchev–Trinajstić information content (AvgIpc) is 2.51. The lowest BCUT2D eigenvalue weighted by atomic mass is 10.2. The Hall–Kier alpha value is 0.270. The van der Waals surface area contributed by atoms with Gasteiger partial charge in [0.2, 0.25) is 0 Å². The number of hydrogen-bond acceptors (Lipinski definition) is 3. The SMILES string of the molecule is CSCC(C)N(C)C1CCC(N)C1. The lowest BCUT2D eigenvalue weighted by molar-refractivity contribution is 0.200. The lowest BCUT2D eigenvalue weighted by Gasteiger charge is -2.30. The molecule has 3 heteroatoms. The molecule has 0 bridgehead atoms. The van der Waals surface area contributed by atoms with Gasteiger partial charge in [0.25, 0.3) is 0 Å². The number of hydrogen-bond donors (Lipinski definition) is 1. The monoisotopic (exact) mass is 202 g/mol. The molecule has 0 amide bonds. The van der Waals surface area contributed by atoms with Crippen molar-refractivity contribution in [3.05, 3.63) is 0 Å². The van der Waals surface area contributed by atoms with Crippen LogP contribution in [-0.2, 0) is 0 Å². The van der Waals surface area contributed by atoms with E-state index in [2.05, 4.69) is 25.1 Å². The molecule has 0 aliphatic heterocycles. The van der Waals surface area contributed by atoms with Gasteiger partial charge >= 0.3 is 0 Å². The van der Waals surface area contributed by atoms with E-state index in [9.17, 15) is 0 Å². The van der Waals surface area contributed by atoms with Crippen molar-refractivity contribution in [2.75, 3.05) is 19.1 Å². The van der Waals surface area contributed by atoms with Crippen molar-refractivity contribution < 1.29 is 0 Å². The molecule has 78 valence electrons. The minimum absolute atomic E-state index is 0.453. The Morgan fingerprint density at radius 2 is 2.23 bits per heavy atom. The van der Waals surface area contributed by atoms with Crippen LogP contribution in [0.4, 0.5) is 0 Å². The van der Waals surface area contributed by atoms with Gasteiger partial charge in [-0.1, -0.05) is 0 Å². The van der Waals surface area contributed by atoms with Gasteiger partial charge in [-0.3, -0.25) is 4.90 Å². The highest BCUT2D eigenvalue weighted by atomic mass is 32.2. The Balaban J connectivity index is 2.33. The summed E-state index contributed by atoms with van der Waals surface area (Å²) in [6, 6.07) is 1.87. The average molecular weight is 202 g/mol. The highest BCUT2D eigenvalue weighted by molar-refractivity contribution is 7.98. The summed E-state index contributed by atoms with van der Waals surface area (Å²) in [6.07, 6.45) is 5.86. The van der Waals surface area contributed by atoms with E-state index in [1.807, 2.05) is 11.8 Å². The van der Waals surface area contributed by atoms with E-state index < -0.39 is 0 Å². The maximum absolute atomic E-state index is 5.91. The third kappa shape index (κ3) is 3.15. The van der Waals surface area contributed by atoms with Gasteiger partial charge in [0.05, 0.1) is 0 Å². The van der Waals surface area contributed by atoms with Crippen LogP contribution in [0.15, 0.2) is 0 Å². The fourth-order valence-electron chi connectivity index (χ4n) is 2.08. The molecule has 1 aliphatic rings. The van der Waals surface area contributed by atoms with Crippen molar-refractivity contribution in [3.8, 4) is 0 Å². The van der Waals surface area contributed by atoms with Gasteiger partial charge in [-0.05, 0) is 39.5 Å². The maximum Gasteiger partial charge on any atom is 0.0157 e. The number of rotatable bonds is 4. The molecule has 1 fully saturated rings. The molecule has 0 radical (unpaired) electrons. The molecular weight excluding hydrogens is 180 g/mol. The molecule has 1 saturated carbocycles. The van der Waals surface area contributed by atoms with Crippen molar-refractivity contribution >= 4 is 11.8 Å². The second kappa shape index (κ2) is 5.23. The van der Waals surface area contributed by atoms with E-state index in [-0.39, 0.29) is 0 Å². The summed E-state index contributed by atoms with van der Waals surface area (Å²) in [5.74, 6) is 1.22. The summed E-state index contributed by atoms with van der Waals surface area (Å²) in [7, 11) is 2.24. The van der Waals surface area contributed by atoms with Crippen LogP contribution in [-0.4, -0.2) is 42.1 Å². The molecule has 2 N–H and O–H groups in total. The Morgan fingerprint density at radius 3 is 2.69 bits per heavy atom. The fourth-order valence-corrected chi connectivity index (χ4v) is 2.80. The van der Waals surface area contributed by atoms with Crippen molar-refractivity contribution in [1.29, 1.82) is 0 Å². The first-order valence-electron chi connectivity index (χ1n) is 5.11. The second-order valence-electron chi connectivity index (χ2n) is 4.20. The van der Waals surface area contributed by atoms with Crippen molar-refractivity contribution in [2.45, 2.75) is 44.3 Å². The molecule has 0 aromatic rings. The van der Waals surface area contributed by atoms with E-state index in [0.717, 1.165) is 6.04 Å². The third-order valence-electron chi connectivity index (χ3n) is 3.12. The molecule has 3 unspecified atom stereocenters. The maximum atomic E-state index is 5.91. The minimum Gasteiger partial charge on any atom is -0.328 e. The van der Waals surface area contributed by atoms with Crippen molar-refractivity contribution in [2.24, 2.45) is 5.73 Å². The molecule has 3 atom stereocenters. The first-order valence-corrected chi connectivity index (χ1v) is 6.51. The van der Waals surface area contributed by atoms with E-state index in [1.165, 1.54) is 25.0 Å². The van der Waals surface area contributed by atoms with E-state index in [0.29, 0.717) is 12.1 Å². The Kier molecular flexibility index (Phi) is 4.56. The zero-order chi connectivity index (χ0) is 9.84. The zero-order valence-electron chi connectivity index (χ0n) is 8.99. The van der Waals surface area contributed by atoms with Gasteiger partial charge < -0.3 is 5.73 Å². The number of nitrogens with zero attached hydrogens (tertiary/aromatic N) is 1. The van der Waals surface area contributed by atoms with Crippen LogP contribution in [0.3, 0.4) is 0 Å². The topological polar surface area (TPSA) is 29.3 Å². The van der Waals surface area contributed by atoms with Crippen LogP contribution >= 0.6 is 11.8 Å². The smallest absolute Gasteiger partial charge is 0.0157 e. The fraction of sp³-hybridized carbons (Fsp3) is 1.00. The largest absolute Gasteiger partial charge is 0.328 e. The second-order valence-corrected chi connectivity index (χ2v) is 5.11. The van der Waals surface area contributed by atoms with Crippen LogP contribution in [0.25, 0.3) is 0 Å². The number of nitrogens with two attached hydrogens (primary N) is 1. The highest BCUT2D eigenvalue weighted by Crippen LogP contribution is 2.23. The van der Waals surface area contributed by atoms with Crippen molar-refractivity contribution in [3.63, 3.8) is 0 Å². The summed E-state index contributed by atoms with van der Waals surface area (Å²) >= 11 is 1.92. The van der Waals surface area contributed by atoms with Crippen LogP contribution in [0, 0.1) is 0 Å². The predicted molar refractivity (Wildman–Crippen MR) is 61.2 cm³/mol. The molecule has 0 aromatic heterocycles. The summed E-state index contributed by atoms with van der Waals surface area (Å²) < 4.78 is 0. The van der Waals surface area contributed by atoms with Crippen molar-refractivity contribution in [1.82, 2.24) is 4.90 Å². The molecule has 0 heterocycles. The van der Waals surface area contributed by atoms with Crippen LogP contribution in [0.2, 0.25) is 0 Å². The van der Waals surface area contributed by atoms with Gasteiger partial charge in [0, 0.05) is 23.9 Å². The first-order chi connectivity index (χ1) is 6.15. The summed E-state index contributed by atoms with van der Waals surface area (Å²) in [5, 5.41) is 0. The summed E-state index contributed by atoms with van der Waals surface area (Å²) in [5.41, 5.74) is 5.91. The van der Waals surface area contributed by atoms with E-state index in [4.69, 9.17) is 5.73 Å². The standard InChI is InChI=1S/C10H22N2S/c1-8(7-13-3)12(2)10-5-4-9(11)6-10/h8-10H,4-7,11H2,1-3H3. The first kappa shape index (κ1) is 11.3. The normalized spacial score (nSPS) is 31.2. The van der Waals surface area contributed by atoms with E-state index >= 15 is 0 Å². The molecule has 0 saturated heterocycles. The Morgan fingerprint density at radius 1 is 1.54 bits per heavy atom. The van der Waals surface area contributed by atoms with Crippen LogP contribution in [0.5, 0.6) is 0 Å². The third-order valence-corrected chi connectivity index (χ3v) is 3.94.